The largest absolute Gasteiger partial charge is 0.494 e. The van der Waals surface area contributed by atoms with Crippen LogP contribution in [0.15, 0.2) is 72.8 Å². The number of benzene rings is 3. The zero-order chi connectivity index (χ0) is 26.7. The van der Waals surface area contributed by atoms with Gasteiger partial charge in [-0.05, 0) is 79.2 Å². The maximum Gasteiger partial charge on any atom is 0.416 e. The van der Waals surface area contributed by atoms with Crippen LogP contribution >= 0.6 is 0 Å². The Bertz CT molecular complexity index is 1140. The third-order valence-corrected chi connectivity index (χ3v) is 5.55. The average molecular weight is 515 g/mol. The molecule has 0 aliphatic heterocycles. The van der Waals surface area contributed by atoms with Crippen molar-refractivity contribution in [2.75, 3.05) is 6.61 Å². The van der Waals surface area contributed by atoms with Crippen molar-refractivity contribution in [3.05, 3.63) is 89.5 Å². The van der Waals surface area contributed by atoms with Crippen molar-refractivity contribution >= 4 is 11.9 Å². The summed E-state index contributed by atoms with van der Waals surface area (Å²) >= 11 is 0. The molecule has 0 unspecified atom stereocenters. The fourth-order valence-electron chi connectivity index (χ4n) is 3.46. The Hall–Kier alpha value is -3.81. The number of alkyl halides is 3. The van der Waals surface area contributed by atoms with E-state index in [0.29, 0.717) is 18.1 Å². The van der Waals surface area contributed by atoms with E-state index in [4.69, 9.17) is 14.2 Å². The molecule has 0 radical (unpaired) electrons. The molecule has 3 aromatic carbocycles. The molecule has 0 heterocycles. The second-order valence-corrected chi connectivity index (χ2v) is 8.47. The molecular formula is C29H29F3O5. The molecule has 3 rings (SSSR count). The van der Waals surface area contributed by atoms with Crippen molar-refractivity contribution in [2.24, 2.45) is 0 Å². The molecule has 0 aliphatic rings. The van der Waals surface area contributed by atoms with Crippen molar-refractivity contribution in [3.63, 3.8) is 0 Å². The van der Waals surface area contributed by atoms with Crippen LogP contribution in [0.2, 0.25) is 0 Å². The van der Waals surface area contributed by atoms with E-state index in [1.165, 1.54) is 49.9 Å². The first-order chi connectivity index (χ1) is 17.8. The lowest BCUT2D eigenvalue weighted by molar-refractivity contribution is -0.137. The van der Waals surface area contributed by atoms with Crippen LogP contribution in [0.5, 0.6) is 17.2 Å². The van der Waals surface area contributed by atoms with Gasteiger partial charge in [0.1, 0.15) is 17.2 Å². The Balaban J connectivity index is 1.46. The van der Waals surface area contributed by atoms with Crippen molar-refractivity contribution in [1.82, 2.24) is 0 Å². The predicted molar refractivity (Wildman–Crippen MR) is 133 cm³/mol. The maximum atomic E-state index is 12.7. The van der Waals surface area contributed by atoms with E-state index in [1.54, 1.807) is 24.3 Å². The van der Waals surface area contributed by atoms with Crippen LogP contribution in [0, 0.1) is 0 Å². The number of rotatable bonds is 12. The van der Waals surface area contributed by atoms with E-state index in [-0.39, 0.29) is 16.9 Å². The van der Waals surface area contributed by atoms with Crippen LogP contribution in [0.4, 0.5) is 13.2 Å². The summed E-state index contributed by atoms with van der Waals surface area (Å²) in [6.45, 7) is 2.83. The Morgan fingerprint density at radius 1 is 0.622 bits per heavy atom. The smallest absolute Gasteiger partial charge is 0.416 e. The zero-order valence-corrected chi connectivity index (χ0v) is 20.6. The Morgan fingerprint density at radius 2 is 1.05 bits per heavy atom. The Morgan fingerprint density at radius 3 is 1.57 bits per heavy atom. The molecule has 0 spiro atoms. The second-order valence-electron chi connectivity index (χ2n) is 8.47. The highest BCUT2D eigenvalue weighted by Gasteiger charge is 2.30. The highest BCUT2D eigenvalue weighted by Crippen LogP contribution is 2.29. The summed E-state index contributed by atoms with van der Waals surface area (Å²) in [6.07, 6.45) is 2.62. The van der Waals surface area contributed by atoms with Crippen LogP contribution < -0.4 is 14.2 Å². The van der Waals surface area contributed by atoms with Crippen molar-refractivity contribution in [3.8, 4) is 17.2 Å². The third kappa shape index (κ3) is 8.97. The highest BCUT2D eigenvalue weighted by molar-refractivity contribution is 5.92. The molecule has 0 fully saturated rings. The molecule has 0 aliphatic carbocycles. The van der Waals surface area contributed by atoms with Gasteiger partial charge in [-0.3, -0.25) is 0 Å². The van der Waals surface area contributed by atoms with E-state index >= 15 is 0 Å². The fraction of sp³-hybridized carbons (Fsp3) is 0.310. The number of carbonyl (C=O) groups excluding carboxylic acids is 2. The van der Waals surface area contributed by atoms with Gasteiger partial charge in [-0.25, -0.2) is 9.59 Å². The number of ether oxygens (including phenoxy) is 3. The molecule has 196 valence electrons. The lowest BCUT2D eigenvalue weighted by Crippen LogP contribution is -2.11. The summed E-state index contributed by atoms with van der Waals surface area (Å²) in [5.41, 5.74) is -0.657. The van der Waals surface area contributed by atoms with E-state index in [2.05, 4.69) is 6.92 Å². The summed E-state index contributed by atoms with van der Waals surface area (Å²) in [5, 5.41) is 0. The van der Waals surface area contributed by atoms with E-state index in [1.807, 2.05) is 0 Å². The molecule has 0 amide bonds. The van der Waals surface area contributed by atoms with E-state index in [9.17, 15) is 22.8 Å². The Kier molecular flexibility index (Phi) is 10.1. The normalized spacial score (nSPS) is 11.1. The molecule has 0 bridgehead atoms. The van der Waals surface area contributed by atoms with Gasteiger partial charge >= 0.3 is 18.1 Å². The molecule has 5 nitrogen and oxygen atoms in total. The monoisotopic (exact) mass is 514 g/mol. The van der Waals surface area contributed by atoms with Crippen molar-refractivity contribution in [1.29, 1.82) is 0 Å². The number of esters is 2. The van der Waals surface area contributed by atoms with Gasteiger partial charge in [0.15, 0.2) is 0 Å². The summed E-state index contributed by atoms with van der Waals surface area (Å²) in [5.74, 6) is -0.222. The minimum absolute atomic E-state index is 0.0316. The van der Waals surface area contributed by atoms with Gasteiger partial charge in [-0.2, -0.15) is 13.2 Å². The molecule has 8 heteroatoms. The van der Waals surface area contributed by atoms with E-state index < -0.39 is 23.7 Å². The minimum atomic E-state index is -4.49. The van der Waals surface area contributed by atoms with Crippen LogP contribution in [0.25, 0.3) is 0 Å². The predicted octanol–water partition coefficient (Wildman–Crippen LogP) is 7.88. The summed E-state index contributed by atoms with van der Waals surface area (Å²) in [7, 11) is 0. The summed E-state index contributed by atoms with van der Waals surface area (Å²) in [4.78, 5) is 24.6. The molecule has 37 heavy (non-hydrogen) atoms. The lowest BCUT2D eigenvalue weighted by Gasteiger charge is -2.09. The SMILES string of the molecule is CCCCCCCCOc1ccc(OC(=O)c2ccc(OC(=O)c3ccc(C(F)(F)F)cc3)cc2)cc1. The maximum absolute atomic E-state index is 12.7. The molecule has 0 atom stereocenters. The number of carbonyl (C=O) groups is 2. The van der Waals surface area contributed by atoms with Gasteiger partial charge in [0.25, 0.3) is 0 Å². The fourth-order valence-corrected chi connectivity index (χ4v) is 3.46. The van der Waals surface area contributed by atoms with Gasteiger partial charge in [0.2, 0.25) is 0 Å². The van der Waals surface area contributed by atoms with Crippen LogP contribution in [-0.2, 0) is 6.18 Å². The zero-order valence-electron chi connectivity index (χ0n) is 20.6. The number of halogens is 3. The topological polar surface area (TPSA) is 61.8 Å². The van der Waals surface area contributed by atoms with Gasteiger partial charge in [-0.15, -0.1) is 0 Å². The molecular weight excluding hydrogens is 485 g/mol. The standard InChI is InChI=1S/C29H29F3O5/c1-2-3-4-5-6-7-20-35-24-16-18-26(19-17-24)37-28(34)22-10-14-25(15-11-22)36-27(33)21-8-12-23(13-9-21)29(30,31)32/h8-19H,2-7,20H2,1H3. The Labute approximate surface area is 214 Å². The quantitative estimate of drug-likeness (QED) is 0.140. The highest BCUT2D eigenvalue weighted by atomic mass is 19.4. The van der Waals surface area contributed by atoms with Crippen molar-refractivity contribution in [2.45, 2.75) is 51.6 Å². The first-order valence-corrected chi connectivity index (χ1v) is 12.2. The van der Waals surface area contributed by atoms with Gasteiger partial charge in [0.05, 0.1) is 23.3 Å². The first kappa shape index (κ1) is 27.8. The summed E-state index contributed by atoms with van der Waals surface area (Å²) in [6, 6.07) is 16.1. The van der Waals surface area contributed by atoms with Crippen molar-refractivity contribution < 1.29 is 37.0 Å². The van der Waals surface area contributed by atoms with Crippen LogP contribution in [-0.4, -0.2) is 18.5 Å². The summed E-state index contributed by atoms with van der Waals surface area (Å²) < 4.78 is 54.3. The molecule has 0 saturated carbocycles. The van der Waals surface area contributed by atoms with Crippen LogP contribution in [0.3, 0.4) is 0 Å². The second kappa shape index (κ2) is 13.5. The molecule has 0 aromatic heterocycles. The molecule has 3 aromatic rings. The van der Waals surface area contributed by atoms with Gasteiger partial charge < -0.3 is 14.2 Å². The van der Waals surface area contributed by atoms with Crippen LogP contribution in [0.1, 0.15) is 71.7 Å². The molecule has 0 saturated heterocycles. The lowest BCUT2D eigenvalue weighted by atomic mass is 10.1. The first-order valence-electron chi connectivity index (χ1n) is 12.2. The molecule has 0 N–H and O–H groups in total. The number of unbranched alkanes of at least 4 members (excludes halogenated alkanes) is 5. The third-order valence-electron chi connectivity index (χ3n) is 5.55. The number of hydrogen-bond donors (Lipinski definition) is 0. The van der Waals surface area contributed by atoms with E-state index in [0.717, 1.165) is 37.1 Å². The minimum Gasteiger partial charge on any atom is -0.494 e. The van der Waals surface area contributed by atoms with Gasteiger partial charge in [-0.1, -0.05) is 39.0 Å². The van der Waals surface area contributed by atoms with Gasteiger partial charge in [0, 0.05) is 0 Å². The average Bonchev–Trinajstić information content (AvgIpc) is 2.89. The number of hydrogen-bond acceptors (Lipinski definition) is 5.